The lowest BCUT2D eigenvalue weighted by Crippen LogP contribution is -1.99. The van der Waals surface area contributed by atoms with Crippen molar-refractivity contribution >= 4 is 11.5 Å². The van der Waals surface area contributed by atoms with E-state index in [0.717, 1.165) is 28.9 Å². The first-order valence-corrected chi connectivity index (χ1v) is 7.73. The van der Waals surface area contributed by atoms with Crippen LogP contribution in [0.4, 0.5) is 0 Å². The largest absolute Gasteiger partial charge is 0.490 e. The maximum absolute atomic E-state index is 12.0. The number of carbonyl (C=O) groups excluding carboxylic acids is 1. The van der Waals surface area contributed by atoms with Gasteiger partial charge in [0.25, 0.3) is 0 Å². The van der Waals surface area contributed by atoms with Crippen LogP contribution in [0.15, 0.2) is 41.5 Å². The maximum atomic E-state index is 12.0. The lowest BCUT2D eigenvalue weighted by atomic mass is 9.95. The number of carbonyl (C=O) groups is 1. The summed E-state index contributed by atoms with van der Waals surface area (Å²) in [6, 6.07) is 7.67. The average molecular weight is 300 g/mol. The van der Waals surface area contributed by atoms with E-state index in [0.29, 0.717) is 19.1 Å². The topological polar surface area (TPSA) is 35.5 Å². The fourth-order valence-corrected chi connectivity index (χ4v) is 2.44. The summed E-state index contributed by atoms with van der Waals surface area (Å²) >= 11 is 0. The Labute approximate surface area is 132 Å². The van der Waals surface area contributed by atoms with E-state index in [1.165, 1.54) is 5.57 Å². The van der Waals surface area contributed by atoms with Gasteiger partial charge in [0, 0.05) is 0 Å². The Hall–Kier alpha value is -2.03. The van der Waals surface area contributed by atoms with E-state index in [4.69, 9.17) is 9.47 Å². The van der Waals surface area contributed by atoms with Crippen LogP contribution in [0.5, 0.6) is 5.75 Å². The Morgan fingerprint density at radius 3 is 2.55 bits per heavy atom. The summed E-state index contributed by atoms with van der Waals surface area (Å²) in [7, 11) is 0. The number of rotatable bonds is 6. The fraction of sp³-hybridized carbons (Fsp3) is 0.421. The number of esters is 1. The van der Waals surface area contributed by atoms with Crippen molar-refractivity contribution in [2.45, 2.75) is 34.1 Å². The van der Waals surface area contributed by atoms with Gasteiger partial charge in [-0.25, -0.2) is 4.79 Å². The molecule has 0 N–H and O–H groups in total. The molecule has 1 aromatic rings. The van der Waals surface area contributed by atoms with Crippen LogP contribution in [0.3, 0.4) is 0 Å². The number of cyclic esters (lactones) is 1. The molecule has 118 valence electrons. The number of benzene rings is 1. The molecule has 0 saturated heterocycles. The standard InChI is InChI=1S/C19H24O3/c1-13(2)9-10-21-17-7-5-15(6-8-17)18-16(11-14(3)4)12-22-19(18)20/h5-9,14H,10-12H2,1-4H3. The summed E-state index contributed by atoms with van der Waals surface area (Å²) in [6.45, 7) is 9.36. The molecule has 0 bridgehead atoms. The van der Waals surface area contributed by atoms with Gasteiger partial charge in [0.1, 0.15) is 19.0 Å². The molecule has 0 saturated carbocycles. The van der Waals surface area contributed by atoms with Gasteiger partial charge in [-0.1, -0.05) is 31.6 Å². The first-order valence-electron chi connectivity index (χ1n) is 7.73. The molecular formula is C19H24O3. The van der Waals surface area contributed by atoms with Crippen molar-refractivity contribution < 1.29 is 14.3 Å². The minimum atomic E-state index is -0.214. The van der Waals surface area contributed by atoms with Crippen molar-refractivity contribution in [1.29, 1.82) is 0 Å². The molecule has 3 nitrogen and oxygen atoms in total. The SMILES string of the molecule is CC(C)=CCOc1ccc(C2=C(CC(C)C)COC2=O)cc1. The van der Waals surface area contributed by atoms with Crippen LogP contribution in [0, 0.1) is 5.92 Å². The van der Waals surface area contributed by atoms with Gasteiger partial charge in [-0.2, -0.15) is 0 Å². The molecule has 1 aliphatic heterocycles. The number of allylic oxidation sites excluding steroid dienone is 1. The second-order valence-corrected chi connectivity index (χ2v) is 6.27. The molecule has 0 spiro atoms. The molecule has 1 heterocycles. The highest BCUT2D eigenvalue weighted by atomic mass is 16.5. The Balaban J connectivity index is 2.14. The van der Waals surface area contributed by atoms with E-state index >= 15 is 0 Å². The molecule has 3 heteroatoms. The van der Waals surface area contributed by atoms with E-state index in [2.05, 4.69) is 13.8 Å². The summed E-state index contributed by atoms with van der Waals surface area (Å²) in [5.74, 6) is 1.10. The van der Waals surface area contributed by atoms with Crippen molar-refractivity contribution in [3.8, 4) is 5.75 Å². The summed E-state index contributed by atoms with van der Waals surface area (Å²) in [5, 5.41) is 0. The first kappa shape index (κ1) is 16.3. The number of ether oxygens (including phenoxy) is 2. The zero-order valence-electron chi connectivity index (χ0n) is 13.8. The van der Waals surface area contributed by atoms with Gasteiger partial charge in [0.05, 0.1) is 5.57 Å². The monoisotopic (exact) mass is 300 g/mol. The second kappa shape index (κ2) is 7.30. The number of hydrogen-bond acceptors (Lipinski definition) is 3. The molecule has 1 aromatic carbocycles. The van der Waals surface area contributed by atoms with E-state index in [9.17, 15) is 4.79 Å². The average Bonchev–Trinajstić information content (AvgIpc) is 2.79. The maximum Gasteiger partial charge on any atom is 0.339 e. The summed E-state index contributed by atoms with van der Waals surface area (Å²) in [4.78, 5) is 12.0. The molecule has 0 unspecified atom stereocenters. The summed E-state index contributed by atoms with van der Waals surface area (Å²) < 4.78 is 10.8. The molecular weight excluding hydrogens is 276 g/mol. The van der Waals surface area contributed by atoms with Crippen LogP contribution in [-0.2, 0) is 9.53 Å². The molecule has 0 aromatic heterocycles. The van der Waals surface area contributed by atoms with Crippen molar-refractivity contribution in [3.63, 3.8) is 0 Å². The highest BCUT2D eigenvalue weighted by Gasteiger charge is 2.26. The fourth-order valence-electron chi connectivity index (χ4n) is 2.44. The quantitative estimate of drug-likeness (QED) is 0.577. The van der Waals surface area contributed by atoms with Crippen LogP contribution in [0.25, 0.3) is 5.57 Å². The van der Waals surface area contributed by atoms with Crippen LogP contribution in [0.1, 0.15) is 39.7 Å². The zero-order valence-corrected chi connectivity index (χ0v) is 13.8. The minimum absolute atomic E-state index is 0.214. The van der Waals surface area contributed by atoms with Gasteiger partial charge in [-0.05, 0) is 55.5 Å². The molecule has 0 aliphatic carbocycles. The molecule has 2 rings (SSSR count). The predicted molar refractivity (Wildman–Crippen MR) is 88.7 cm³/mol. The van der Waals surface area contributed by atoms with Crippen molar-refractivity contribution in [2.24, 2.45) is 5.92 Å². The molecule has 22 heavy (non-hydrogen) atoms. The van der Waals surface area contributed by atoms with Crippen molar-refractivity contribution in [2.75, 3.05) is 13.2 Å². The van der Waals surface area contributed by atoms with Gasteiger partial charge in [-0.3, -0.25) is 0 Å². The van der Waals surface area contributed by atoms with Crippen LogP contribution in [0.2, 0.25) is 0 Å². The lowest BCUT2D eigenvalue weighted by molar-refractivity contribution is -0.134. The number of hydrogen-bond donors (Lipinski definition) is 0. The van der Waals surface area contributed by atoms with E-state index in [1.807, 2.05) is 44.2 Å². The molecule has 0 radical (unpaired) electrons. The highest BCUT2D eigenvalue weighted by molar-refractivity contribution is 6.19. The second-order valence-electron chi connectivity index (χ2n) is 6.27. The van der Waals surface area contributed by atoms with E-state index in [1.54, 1.807) is 0 Å². The third-order valence-corrected chi connectivity index (χ3v) is 3.47. The van der Waals surface area contributed by atoms with Crippen LogP contribution < -0.4 is 4.74 Å². The summed E-state index contributed by atoms with van der Waals surface area (Å²) in [6.07, 6.45) is 2.92. The first-order chi connectivity index (χ1) is 10.5. The third kappa shape index (κ3) is 4.23. The lowest BCUT2D eigenvalue weighted by Gasteiger charge is -2.08. The molecule has 0 atom stereocenters. The van der Waals surface area contributed by atoms with E-state index < -0.39 is 0 Å². The van der Waals surface area contributed by atoms with Gasteiger partial charge in [0.15, 0.2) is 0 Å². The highest BCUT2D eigenvalue weighted by Crippen LogP contribution is 2.31. The smallest absolute Gasteiger partial charge is 0.339 e. The Morgan fingerprint density at radius 1 is 1.27 bits per heavy atom. The molecule has 0 amide bonds. The Bertz CT molecular complexity index is 588. The predicted octanol–water partition coefficient (Wildman–Crippen LogP) is 4.39. The summed E-state index contributed by atoms with van der Waals surface area (Å²) in [5.41, 5.74) is 3.96. The van der Waals surface area contributed by atoms with Crippen molar-refractivity contribution in [3.05, 3.63) is 47.1 Å². The van der Waals surface area contributed by atoms with Crippen LogP contribution in [-0.4, -0.2) is 19.2 Å². The molecule has 1 aliphatic rings. The van der Waals surface area contributed by atoms with Gasteiger partial charge in [0.2, 0.25) is 0 Å². The normalized spacial score (nSPS) is 14.3. The zero-order chi connectivity index (χ0) is 16.1. The van der Waals surface area contributed by atoms with Crippen molar-refractivity contribution in [1.82, 2.24) is 0 Å². The Kier molecular flexibility index (Phi) is 5.42. The van der Waals surface area contributed by atoms with Gasteiger partial charge < -0.3 is 9.47 Å². The third-order valence-electron chi connectivity index (χ3n) is 3.47. The van der Waals surface area contributed by atoms with Gasteiger partial charge >= 0.3 is 5.97 Å². The molecule has 0 fully saturated rings. The Morgan fingerprint density at radius 2 is 1.95 bits per heavy atom. The van der Waals surface area contributed by atoms with Gasteiger partial charge in [-0.15, -0.1) is 0 Å². The minimum Gasteiger partial charge on any atom is -0.490 e. The van der Waals surface area contributed by atoms with E-state index in [-0.39, 0.29) is 5.97 Å². The van der Waals surface area contributed by atoms with Crippen LogP contribution >= 0.6 is 0 Å².